The average molecular weight is 384 g/mol. The van der Waals surface area contributed by atoms with Gasteiger partial charge in [-0.1, -0.05) is 24.3 Å². The molecule has 5 heteroatoms. The van der Waals surface area contributed by atoms with E-state index in [9.17, 15) is 14.4 Å². The molecule has 0 heterocycles. The second kappa shape index (κ2) is 5.83. The van der Waals surface area contributed by atoms with Crippen LogP contribution in [0.4, 0.5) is 0 Å². The Hall–Kier alpha value is -2.53. The molecular formula is C19H14BrNO3. The first-order valence-corrected chi connectivity index (χ1v) is 7.36. The molecule has 0 radical (unpaired) electrons. The van der Waals surface area contributed by atoms with Gasteiger partial charge in [0, 0.05) is 12.0 Å². The monoisotopic (exact) mass is 383 g/mol. The number of rotatable bonds is 1. The molecule has 0 fully saturated rings. The second-order valence-electron chi connectivity index (χ2n) is 5.90. The van der Waals surface area contributed by atoms with Crippen molar-refractivity contribution in [1.82, 2.24) is 0 Å². The van der Waals surface area contributed by atoms with Crippen LogP contribution in [0.25, 0.3) is 21.5 Å². The molecule has 1 unspecified atom stereocenters. The Morgan fingerprint density at radius 3 is 2.08 bits per heavy atom. The quantitative estimate of drug-likeness (QED) is 0.518. The Bertz CT molecular complexity index is 1030. The van der Waals surface area contributed by atoms with E-state index < -0.39 is 23.4 Å². The minimum absolute atomic E-state index is 0. The van der Waals surface area contributed by atoms with Crippen molar-refractivity contribution in [2.45, 2.75) is 6.42 Å². The van der Waals surface area contributed by atoms with Crippen molar-refractivity contribution >= 4 is 56.0 Å². The van der Waals surface area contributed by atoms with E-state index in [1.807, 2.05) is 42.5 Å². The van der Waals surface area contributed by atoms with Gasteiger partial charge in [-0.15, -0.1) is 17.0 Å². The lowest BCUT2D eigenvalue weighted by atomic mass is 9.80. The van der Waals surface area contributed by atoms with Crippen molar-refractivity contribution in [2.75, 3.05) is 0 Å². The Morgan fingerprint density at radius 2 is 1.50 bits per heavy atom. The lowest BCUT2D eigenvalue weighted by Gasteiger charge is -2.20. The zero-order valence-corrected chi connectivity index (χ0v) is 14.3. The Morgan fingerprint density at radius 1 is 0.917 bits per heavy atom. The number of nitrogens with two attached hydrogens (primary N) is 1. The van der Waals surface area contributed by atoms with E-state index in [1.54, 1.807) is 6.07 Å². The fraction of sp³-hybridized carbons (Fsp3) is 0.105. The van der Waals surface area contributed by atoms with Gasteiger partial charge < -0.3 is 5.73 Å². The van der Waals surface area contributed by atoms with Crippen molar-refractivity contribution in [3.8, 4) is 0 Å². The molecule has 3 aromatic carbocycles. The number of fused-ring (bicyclic) bond motifs is 3. The van der Waals surface area contributed by atoms with E-state index >= 15 is 0 Å². The minimum atomic E-state index is -1.35. The third-order valence-corrected chi connectivity index (χ3v) is 4.43. The number of Topliss-reactive ketones (excluding diaryl/α,β-unsaturated/α-hetero) is 2. The van der Waals surface area contributed by atoms with E-state index in [2.05, 4.69) is 0 Å². The van der Waals surface area contributed by atoms with Crippen LogP contribution in [0.2, 0.25) is 0 Å². The third-order valence-electron chi connectivity index (χ3n) is 4.43. The average Bonchev–Trinajstić information content (AvgIpc) is 2.51. The number of benzene rings is 3. The summed E-state index contributed by atoms with van der Waals surface area (Å²) in [5, 5.41) is 4.06. The highest BCUT2D eigenvalue weighted by atomic mass is 79.9. The molecule has 0 spiro atoms. The summed E-state index contributed by atoms with van der Waals surface area (Å²) in [6.45, 7) is 0. The predicted octanol–water partition coefficient (Wildman–Crippen LogP) is 2.98. The zero-order valence-electron chi connectivity index (χ0n) is 12.6. The van der Waals surface area contributed by atoms with Crippen LogP contribution in [-0.4, -0.2) is 17.5 Å². The van der Waals surface area contributed by atoms with Crippen molar-refractivity contribution in [1.29, 1.82) is 0 Å². The summed E-state index contributed by atoms with van der Waals surface area (Å²) in [6, 6.07) is 15.6. The van der Waals surface area contributed by atoms with Gasteiger partial charge >= 0.3 is 0 Å². The van der Waals surface area contributed by atoms with Crippen LogP contribution in [0.1, 0.15) is 15.9 Å². The number of halogens is 1. The van der Waals surface area contributed by atoms with E-state index in [0.29, 0.717) is 11.1 Å². The number of hydrogen-bond donors (Lipinski definition) is 1. The van der Waals surface area contributed by atoms with Crippen molar-refractivity contribution in [3.05, 3.63) is 59.7 Å². The number of amides is 1. The maximum Gasteiger partial charge on any atom is 0.235 e. The molecule has 0 saturated carbocycles. The van der Waals surface area contributed by atoms with Crippen LogP contribution in [0.15, 0.2) is 48.5 Å². The van der Waals surface area contributed by atoms with Gasteiger partial charge in [0.2, 0.25) is 5.91 Å². The molecule has 3 aromatic rings. The third kappa shape index (κ3) is 2.41. The number of carbonyl (C=O) groups is 3. The fourth-order valence-electron chi connectivity index (χ4n) is 3.29. The van der Waals surface area contributed by atoms with Crippen LogP contribution < -0.4 is 5.73 Å². The molecule has 1 aliphatic carbocycles. The van der Waals surface area contributed by atoms with Gasteiger partial charge in [-0.2, -0.15) is 0 Å². The molecule has 0 aliphatic heterocycles. The van der Waals surface area contributed by atoms with Gasteiger partial charge in [-0.05, 0) is 51.4 Å². The van der Waals surface area contributed by atoms with Crippen LogP contribution >= 0.6 is 17.0 Å². The number of hydrogen-bond acceptors (Lipinski definition) is 3. The molecule has 0 saturated heterocycles. The van der Waals surface area contributed by atoms with E-state index in [0.717, 1.165) is 21.5 Å². The molecule has 1 amide bonds. The lowest BCUT2D eigenvalue weighted by Crippen LogP contribution is -2.41. The van der Waals surface area contributed by atoms with E-state index in [1.165, 1.54) is 0 Å². The SMILES string of the molecule is Br.NC(=O)C1C(=O)Cc2cc3cc4ccccc4cc3cc2C1=O. The highest BCUT2D eigenvalue weighted by Crippen LogP contribution is 2.30. The Kier molecular flexibility index (Phi) is 3.97. The van der Waals surface area contributed by atoms with Crippen molar-refractivity contribution in [2.24, 2.45) is 11.7 Å². The van der Waals surface area contributed by atoms with Crippen molar-refractivity contribution in [3.63, 3.8) is 0 Å². The summed E-state index contributed by atoms with van der Waals surface area (Å²) >= 11 is 0. The summed E-state index contributed by atoms with van der Waals surface area (Å²) in [6.07, 6.45) is 0.0669. The molecule has 1 aliphatic rings. The predicted molar refractivity (Wildman–Crippen MR) is 97.5 cm³/mol. The molecular weight excluding hydrogens is 370 g/mol. The molecule has 1 atom stereocenters. The van der Waals surface area contributed by atoms with E-state index in [-0.39, 0.29) is 23.4 Å². The summed E-state index contributed by atoms with van der Waals surface area (Å²) in [4.78, 5) is 35.9. The normalized spacial score (nSPS) is 16.8. The molecule has 4 nitrogen and oxygen atoms in total. The van der Waals surface area contributed by atoms with Gasteiger partial charge in [0.05, 0.1) is 0 Å². The standard InChI is InChI=1S/C19H13NO3.BrH/c20-19(23)17-16(21)9-14-7-12-5-10-3-1-2-4-11(10)6-13(12)8-15(14)18(17)22;/h1-8,17H,9H2,(H2,20,23);1H. The molecule has 0 bridgehead atoms. The van der Waals surface area contributed by atoms with Crippen LogP contribution in [-0.2, 0) is 16.0 Å². The maximum absolute atomic E-state index is 12.5. The number of ketones is 2. The minimum Gasteiger partial charge on any atom is -0.369 e. The molecule has 0 aromatic heterocycles. The largest absolute Gasteiger partial charge is 0.369 e. The van der Waals surface area contributed by atoms with Gasteiger partial charge in [0.15, 0.2) is 17.5 Å². The molecule has 120 valence electrons. The fourth-order valence-corrected chi connectivity index (χ4v) is 3.29. The van der Waals surface area contributed by atoms with Gasteiger partial charge in [-0.3, -0.25) is 14.4 Å². The van der Waals surface area contributed by atoms with Gasteiger partial charge in [0.25, 0.3) is 0 Å². The topological polar surface area (TPSA) is 77.2 Å². The highest BCUT2D eigenvalue weighted by Gasteiger charge is 2.38. The summed E-state index contributed by atoms with van der Waals surface area (Å²) < 4.78 is 0. The van der Waals surface area contributed by atoms with Crippen LogP contribution in [0.3, 0.4) is 0 Å². The van der Waals surface area contributed by atoms with Gasteiger partial charge in [0.1, 0.15) is 0 Å². The Labute approximate surface area is 148 Å². The van der Waals surface area contributed by atoms with Crippen molar-refractivity contribution < 1.29 is 14.4 Å². The second-order valence-corrected chi connectivity index (χ2v) is 5.90. The summed E-state index contributed by atoms with van der Waals surface area (Å²) in [5.74, 6) is -3.13. The zero-order chi connectivity index (χ0) is 16.1. The summed E-state index contributed by atoms with van der Waals surface area (Å²) in [5.41, 5.74) is 6.31. The van der Waals surface area contributed by atoms with Gasteiger partial charge in [-0.25, -0.2) is 0 Å². The lowest BCUT2D eigenvalue weighted by molar-refractivity contribution is -0.129. The number of primary amides is 1. The van der Waals surface area contributed by atoms with Crippen LogP contribution in [0.5, 0.6) is 0 Å². The summed E-state index contributed by atoms with van der Waals surface area (Å²) in [7, 11) is 0. The Balaban J connectivity index is 0.00000169. The number of carbonyl (C=O) groups excluding carboxylic acids is 3. The van der Waals surface area contributed by atoms with Crippen LogP contribution in [0, 0.1) is 5.92 Å². The first-order chi connectivity index (χ1) is 11.0. The van der Waals surface area contributed by atoms with E-state index in [4.69, 9.17) is 5.73 Å². The maximum atomic E-state index is 12.5. The smallest absolute Gasteiger partial charge is 0.235 e. The molecule has 4 rings (SSSR count). The first-order valence-electron chi connectivity index (χ1n) is 7.36. The first kappa shape index (κ1) is 16.3. The molecule has 24 heavy (non-hydrogen) atoms. The molecule has 2 N–H and O–H groups in total. The highest BCUT2D eigenvalue weighted by molar-refractivity contribution is 8.93.